The number of esters is 1. The first-order chi connectivity index (χ1) is 12.8. The Kier molecular flexibility index (Phi) is 4.79. The maximum atomic E-state index is 12.4. The highest BCUT2D eigenvalue weighted by atomic mass is 16.5. The van der Waals surface area contributed by atoms with Gasteiger partial charge in [0, 0.05) is 19.3 Å². The monoisotopic (exact) mass is 372 g/mol. The van der Waals surface area contributed by atoms with Crippen molar-refractivity contribution in [2.75, 3.05) is 0 Å². The molecule has 4 rings (SSSR count). The number of hydrogen-bond acceptors (Lipinski definition) is 3. The third-order valence-electron chi connectivity index (χ3n) is 9.26. The highest BCUT2D eigenvalue weighted by Gasteiger charge is 2.60. The molecule has 3 heteroatoms. The van der Waals surface area contributed by atoms with Crippen LogP contribution >= 0.6 is 0 Å². The predicted molar refractivity (Wildman–Crippen MR) is 106 cm³/mol. The smallest absolute Gasteiger partial charge is 0.302 e. The fourth-order valence-electron chi connectivity index (χ4n) is 8.07. The largest absolute Gasteiger partial charge is 0.462 e. The summed E-state index contributed by atoms with van der Waals surface area (Å²) in [7, 11) is 0. The molecule has 0 aliphatic heterocycles. The molecule has 0 aromatic heterocycles. The third-order valence-corrected chi connectivity index (χ3v) is 9.26. The van der Waals surface area contributed by atoms with Crippen LogP contribution in [0.4, 0.5) is 0 Å². The molecule has 7 atom stereocenters. The molecule has 3 fully saturated rings. The Hall–Kier alpha value is -1.12. The number of allylic oxidation sites excluding steroid dienone is 1. The van der Waals surface area contributed by atoms with Crippen molar-refractivity contribution < 1.29 is 14.3 Å². The van der Waals surface area contributed by atoms with E-state index >= 15 is 0 Å². The van der Waals surface area contributed by atoms with E-state index in [0.717, 1.165) is 49.9 Å². The molecule has 3 unspecified atom stereocenters. The lowest BCUT2D eigenvalue weighted by molar-refractivity contribution is -0.149. The van der Waals surface area contributed by atoms with Gasteiger partial charge in [-0.1, -0.05) is 25.5 Å². The quantitative estimate of drug-likeness (QED) is 0.487. The van der Waals surface area contributed by atoms with Crippen molar-refractivity contribution in [1.29, 1.82) is 0 Å². The van der Waals surface area contributed by atoms with Gasteiger partial charge < -0.3 is 4.74 Å². The summed E-state index contributed by atoms with van der Waals surface area (Å²) < 4.78 is 5.55. The Balaban J connectivity index is 1.61. The molecule has 0 bridgehead atoms. The van der Waals surface area contributed by atoms with Gasteiger partial charge in [0.2, 0.25) is 0 Å². The average Bonchev–Trinajstić information content (AvgIpc) is 3.02. The molecule has 0 saturated heterocycles. The normalized spacial score (nSPS) is 45.9. The minimum absolute atomic E-state index is 0.0743. The lowest BCUT2D eigenvalue weighted by atomic mass is 9.46. The fraction of sp³-hybridized carbons (Fsp3) is 0.833. The number of ether oxygens (including phenoxy) is 1. The lowest BCUT2D eigenvalue weighted by Crippen LogP contribution is -2.51. The van der Waals surface area contributed by atoms with E-state index in [0.29, 0.717) is 11.7 Å². The Morgan fingerprint density at radius 3 is 2.56 bits per heavy atom. The zero-order valence-electron chi connectivity index (χ0n) is 17.6. The van der Waals surface area contributed by atoms with E-state index in [2.05, 4.69) is 19.9 Å². The van der Waals surface area contributed by atoms with Crippen LogP contribution in [0.3, 0.4) is 0 Å². The Morgan fingerprint density at radius 1 is 1.11 bits per heavy atom. The molecule has 0 aromatic carbocycles. The van der Waals surface area contributed by atoms with Crippen LogP contribution in [0.15, 0.2) is 11.6 Å². The second-order valence-corrected chi connectivity index (χ2v) is 10.1. The second-order valence-electron chi connectivity index (χ2n) is 10.1. The zero-order valence-corrected chi connectivity index (χ0v) is 17.6. The Morgan fingerprint density at radius 2 is 1.89 bits per heavy atom. The number of rotatable bonds is 3. The summed E-state index contributed by atoms with van der Waals surface area (Å²) in [5.41, 5.74) is 2.09. The number of ketones is 1. The maximum absolute atomic E-state index is 12.4. The minimum atomic E-state index is -0.149. The second kappa shape index (κ2) is 6.74. The van der Waals surface area contributed by atoms with Gasteiger partial charge in [-0.3, -0.25) is 9.59 Å². The zero-order chi connectivity index (χ0) is 19.4. The standard InChI is InChI=1S/C24H36O3/c1-5-24-13-11-21-19(22(24)9-8-20(24)15(2)25)7-6-17-14-18(27-16(3)26)10-12-23(17,21)4/h6,18-22H,5,7-14H2,1-4H3/t18-,19?,20+,21?,22?,23-,24+/m0/s1. The summed E-state index contributed by atoms with van der Waals surface area (Å²) >= 11 is 0. The minimum Gasteiger partial charge on any atom is -0.462 e. The molecule has 0 amide bonds. The van der Waals surface area contributed by atoms with Crippen molar-refractivity contribution in [3.05, 3.63) is 11.6 Å². The van der Waals surface area contributed by atoms with Crippen molar-refractivity contribution in [3.63, 3.8) is 0 Å². The van der Waals surface area contributed by atoms with Gasteiger partial charge in [-0.2, -0.15) is 0 Å². The first-order valence-corrected chi connectivity index (χ1v) is 11.2. The van der Waals surface area contributed by atoms with Gasteiger partial charge in [0.1, 0.15) is 11.9 Å². The van der Waals surface area contributed by atoms with Crippen LogP contribution in [0.25, 0.3) is 0 Å². The number of Topliss-reactive ketones (excluding diaryl/α,β-unsaturated/α-hetero) is 1. The molecule has 0 aromatic rings. The molecular weight excluding hydrogens is 336 g/mol. The van der Waals surface area contributed by atoms with Gasteiger partial charge in [0.05, 0.1) is 0 Å². The van der Waals surface area contributed by atoms with Crippen LogP contribution in [-0.2, 0) is 14.3 Å². The van der Waals surface area contributed by atoms with Crippen molar-refractivity contribution >= 4 is 11.8 Å². The summed E-state index contributed by atoms with van der Waals surface area (Å²) in [6.07, 6.45) is 12.8. The molecule has 0 spiro atoms. The molecule has 150 valence electrons. The van der Waals surface area contributed by atoms with Gasteiger partial charge in [-0.25, -0.2) is 0 Å². The SMILES string of the molecule is CC[C@]12CCC3C(CC=C4C[C@@H](OC(C)=O)CC[C@@]43C)C1CC[C@@H]2C(C)=O. The van der Waals surface area contributed by atoms with Crippen LogP contribution < -0.4 is 0 Å². The van der Waals surface area contributed by atoms with E-state index < -0.39 is 0 Å². The molecule has 27 heavy (non-hydrogen) atoms. The molecule has 0 N–H and O–H groups in total. The van der Waals surface area contributed by atoms with Crippen molar-refractivity contribution in [2.45, 2.75) is 91.6 Å². The van der Waals surface area contributed by atoms with E-state index in [1.807, 2.05) is 6.92 Å². The highest BCUT2D eigenvalue weighted by Crippen LogP contribution is 2.67. The van der Waals surface area contributed by atoms with Crippen LogP contribution in [0.5, 0.6) is 0 Å². The first kappa shape index (κ1) is 19.2. The lowest BCUT2D eigenvalue weighted by Gasteiger charge is -2.58. The van der Waals surface area contributed by atoms with E-state index in [9.17, 15) is 9.59 Å². The molecule has 0 heterocycles. The molecule has 3 saturated carbocycles. The Labute approximate surface area is 164 Å². The summed E-state index contributed by atoms with van der Waals surface area (Å²) in [6, 6.07) is 0. The average molecular weight is 373 g/mol. The van der Waals surface area contributed by atoms with Crippen molar-refractivity contribution in [1.82, 2.24) is 0 Å². The van der Waals surface area contributed by atoms with Crippen LogP contribution in [0.1, 0.15) is 85.5 Å². The fourth-order valence-corrected chi connectivity index (χ4v) is 8.07. The summed E-state index contributed by atoms with van der Waals surface area (Å²) in [4.78, 5) is 23.8. The predicted octanol–water partition coefficient (Wildman–Crippen LogP) is 5.48. The third kappa shape index (κ3) is 2.83. The van der Waals surface area contributed by atoms with Crippen LogP contribution in [0.2, 0.25) is 0 Å². The molecule has 4 aliphatic rings. The van der Waals surface area contributed by atoms with Gasteiger partial charge >= 0.3 is 5.97 Å². The van der Waals surface area contributed by atoms with E-state index in [4.69, 9.17) is 4.74 Å². The highest BCUT2D eigenvalue weighted by molar-refractivity contribution is 5.79. The number of fused-ring (bicyclic) bond motifs is 5. The van der Waals surface area contributed by atoms with Gasteiger partial charge in [0.25, 0.3) is 0 Å². The first-order valence-electron chi connectivity index (χ1n) is 11.2. The maximum Gasteiger partial charge on any atom is 0.302 e. The van der Waals surface area contributed by atoms with Gasteiger partial charge in [-0.05, 0) is 86.9 Å². The summed E-state index contributed by atoms with van der Waals surface area (Å²) in [6.45, 7) is 8.16. The summed E-state index contributed by atoms with van der Waals surface area (Å²) in [5, 5.41) is 0. The van der Waals surface area contributed by atoms with Crippen molar-refractivity contribution in [2.24, 2.45) is 34.5 Å². The molecular formula is C24H36O3. The summed E-state index contributed by atoms with van der Waals surface area (Å²) in [5.74, 6) is 2.78. The van der Waals surface area contributed by atoms with Crippen LogP contribution in [0, 0.1) is 34.5 Å². The number of hydrogen-bond donors (Lipinski definition) is 0. The van der Waals surface area contributed by atoms with Gasteiger partial charge in [-0.15, -0.1) is 0 Å². The van der Waals surface area contributed by atoms with Crippen LogP contribution in [-0.4, -0.2) is 17.9 Å². The number of carbonyl (C=O) groups is 2. The van der Waals surface area contributed by atoms with E-state index in [-0.39, 0.29) is 22.9 Å². The molecule has 3 nitrogen and oxygen atoms in total. The Bertz CT molecular complexity index is 665. The molecule has 0 radical (unpaired) electrons. The topological polar surface area (TPSA) is 43.4 Å². The number of carbonyl (C=O) groups excluding carboxylic acids is 2. The molecule has 4 aliphatic carbocycles. The van der Waals surface area contributed by atoms with Gasteiger partial charge in [0.15, 0.2) is 0 Å². The van der Waals surface area contributed by atoms with Crippen molar-refractivity contribution in [3.8, 4) is 0 Å². The van der Waals surface area contributed by atoms with E-state index in [1.165, 1.54) is 32.6 Å². The van der Waals surface area contributed by atoms with E-state index in [1.54, 1.807) is 5.57 Å².